The van der Waals surface area contributed by atoms with E-state index in [2.05, 4.69) is 9.97 Å². The number of nitrogens with one attached hydrogen (secondary N) is 1. The molecule has 0 spiro atoms. The summed E-state index contributed by atoms with van der Waals surface area (Å²) in [6.45, 7) is -0.306. The van der Waals surface area contributed by atoms with Crippen molar-refractivity contribution in [2.24, 2.45) is 0 Å². The Kier molecular flexibility index (Phi) is 6.24. The molecule has 0 atom stereocenters. The first-order chi connectivity index (χ1) is 15.7. The Bertz CT molecular complexity index is 1510. The molecule has 2 N–H and O–H groups in total. The summed E-state index contributed by atoms with van der Waals surface area (Å²) in [5.74, 6) is 0.725. The molecule has 1 heterocycles. The zero-order valence-electron chi connectivity index (χ0n) is 17.7. The number of imidazole rings is 1. The van der Waals surface area contributed by atoms with E-state index in [1.54, 1.807) is 36.4 Å². The van der Waals surface area contributed by atoms with E-state index in [-0.39, 0.29) is 22.2 Å². The number of rotatable bonds is 8. The van der Waals surface area contributed by atoms with Crippen molar-refractivity contribution in [2.45, 2.75) is 16.4 Å². The van der Waals surface area contributed by atoms with Gasteiger partial charge in [0.1, 0.15) is 18.2 Å². The maximum atomic E-state index is 12.6. The second-order valence-corrected chi connectivity index (χ2v) is 11.6. The zero-order chi connectivity index (χ0) is 23.6. The van der Waals surface area contributed by atoms with Crippen LogP contribution in [0.3, 0.4) is 0 Å². The molecular weight excluding hydrogens is 464 g/mol. The molecule has 172 valence electrons. The van der Waals surface area contributed by atoms with E-state index in [1.165, 1.54) is 18.2 Å². The van der Waals surface area contributed by atoms with E-state index >= 15 is 0 Å². The quantitative estimate of drug-likeness (QED) is 0.392. The normalized spacial score (nSPS) is 12.2. The molecule has 4 aromatic rings. The van der Waals surface area contributed by atoms with Crippen molar-refractivity contribution in [3.8, 4) is 16.9 Å². The fourth-order valence-corrected chi connectivity index (χ4v) is 5.33. The molecule has 4 rings (SSSR count). The summed E-state index contributed by atoms with van der Waals surface area (Å²) in [4.78, 5) is 8.07. The predicted molar refractivity (Wildman–Crippen MR) is 125 cm³/mol. The van der Waals surface area contributed by atoms with Crippen LogP contribution >= 0.6 is 0 Å². The molecule has 0 saturated carbocycles. The second-order valence-electron chi connectivity index (χ2n) is 7.49. The SMILES string of the molecule is CS(=O)(=O)c1ccc(OCc2nc3cc(-c4ccccc4S(=O)(=O)CCO)ccc3[nH]2)cc1. The van der Waals surface area contributed by atoms with Gasteiger partial charge in [0.15, 0.2) is 19.7 Å². The Morgan fingerprint density at radius 1 is 0.970 bits per heavy atom. The predicted octanol–water partition coefficient (Wildman–Crippen LogP) is 2.98. The molecule has 8 nitrogen and oxygen atoms in total. The minimum Gasteiger partial charge on any atom is -0.486 e. The van der Waals surface area contributed by atoms with Gasteiger partial charge in [-0.05, 0) is 48.0 Å². The summed E-state index contributed by atoms with van der Waals surface area (Å²) in [6, 6.07) is 18.2. The van der Waals surface area contributed by atoms with Crippen molar-refractivity contribution in [2.75, 3.05) is 18.6 Å². The summed E-state index contributed by atoms with van der Waals surface area (Å²) in [6.07, 6.45) is 1.14. The fraction of sp³-hybridized carbons (Fsp3) is 0.174. The van der Waals surface area contributed by atoms with Crippen LogP contribution < -0.4 is 4.74 Å². The summed E-state index contributed by atoms with van der Waals surface area (Å²) >= 11 is 0. The molecule has 0 saturated heterocycles. The highest BCUT2D eigenvalue weighted by molar-refractivity contribution is 7.91. The molecule has 1 aromatic heterocycles. The number of sulfone groups is 2. The summed E-state index contributed by atoms with van der Waals surface area (Å²) in [7, 11) is -6.90. The smallest absolute Gasteiger partial charge is 0.181 e. The van der Waals surface area contributed by atoms with Gasteiger partial charge in [-0.15, -0.1) is 0 Å². The van der Waals surface area contributed by atoms with Crippen LogP contribution in [0.25, 0.3) is 22.2 Å². The third-order valence-corrected chi connectivity index (χ3v) is 7.93. The number of aromatic amines is 1. The molecule has 0 aliphatic rings. The van der Waals surface area contributed by atoms with Gasteiger partial charge in [-0.3, -0.25) is 0 Å². The van der Waals surface area contributed by atoms with E-state index in [4.69, 9.17) is 9.84 Å². The van der Waals surface area contributed by atoms with Crippen molar-refractivity contribution >= 4 is 30.7 Å². The first-order valence-electron chi connectivity index (χ1n) is 10.0. The highest BCUT2D eigenvalue weighted by atomic mass is 32.2. The maximum Gasteiger partial charge on any atom is 0.181 e. The van der Waals surface area contributed by atoms with Crippen molar-refractivity contribution in [1.82, 2.24) is 9.97 Å². The van der Waals surface area contributed by atoms with Gasteiger partial charge in [-0.1, -0.05) is 24.3 Å². The van der Waals surface area contributed by atoms with Gasteiger partial charge < -0.3 is 14.8 Å². The minimum atomic E-state index is -3.62. The topological polar surface area (TPSA) is 126 Å². The lowest BCUT2D eigenvalue weighted by molar-refractivity contribution is 0.297. The Labute approximate surface area is 191 Å². The number of hydrogen-bond donors (Lipinski definition) is 2. The first kappa shape index (κ1) is 23.0. The van der Waals surface area contributed by atoms with Crippen LogP contribution in [-0.4, -0.2) is 50.5 Å². The largest absolute Gasteiger partial charge is 0.486 e. The summed E-state index contributed by atoms with van der Waals surface area (Å²) < 4.78 is 53.9. The van der Waals surface area contributed by atoms with E-state index in [0.29, 0.717) is 28.2 Å². The highest BCUT2D eigenvalue weighted by Crippen LogP contribution is 2.30. The van der Waals surface area contributed by atoms with Crippen LogP contribution in [0.1, 0.15) is 5.82 Å². The van der Waals surface area contributed by atoms with Gasteiger partial charge in [-0.2, -0.15) is 0 Å². The lowest BCUT2D eigenvalue weighted by atomic mass is 10.1. The molecule has 0 bridgehead atoms. The van der Waals surface area contributed by atoms with Gasteiger partial charge in [0.05, 0.1) is 33.2 Å². The molecule has 0 aliphatic carbocycles. The lowest BCUT2D eigenvalue weighted by Crippen LogP contribution is -2.11. The van der Waals surface area contributed by atoms with E-state index in [0.717, 1.165) is 11.8 Å². The van der Waals surface area contributed by atoms with Crippen molar-refractivity contribution < 1.29 is 26.7 Å². The third kappa shape index (κ3) is 5.08. The Morgan fingerprint density at radius 2 is 1.70 bits per heavy atom. The van der Waals surface area contributed by atoms with Crippen molar-refractivity contribution in [3.05, 3.63) is 72.6 Å². The van der Waals surface area contributed by atoms with E-state index < -0.39 is 26.3 Å². The van der Waals surface area contributed by atoms with Crippen LogP contribution in [0.5, 0.6) is 5.75 Å². The number of aliphatic hydroxyl groups excluding tert-OH is 1. The molecular formula is C23H22N2O6S2. The average molecular weight is 487 g/mol. The monoisotopic (exact) mass is 486 g/mol. The fourth-order valence-electron chi connectivity index (χ4n) is 3.44. The Morgan fingerprint density at radius 3 is 2.39 bits per heavy atom. The number of aromatic nitrogens is 2. The van der Waals surface area contributed by atoms with Crippen LogP contribution in [0.2, 0.25) is 0 Å². The number of hydrogen-bond acceptors (Lipinski definition) is 7. The second kappa shape index (κ2) is 8.97. The molecule has 10 heteroatoms. The lowest BCUT2D eigenvalue weighted by Gasteiger charge is -2.10. The van der Waals surface area contributed by atoms with Crippen molar-refractivity contribution in [3.63, 3.8) is 0 Å². The van der Waals surface area contributed by atoms with Gasteiger partial charge >= 0.3 is 0 Å². The number of aliphatic hydroxyl groups is 1. The summed E-state index contributed by atoms with van der Waals surface area (Å²) in [5.41, 5.74) is 2.64. The maximum absolute atomic E-state index is 12.6. The molecule has 33 heavy (non-hydrogen) atoms. The molecule has 0 unspecified atom stereocenters. The molecule has 0 aliphatic heterocycles. The number of ether oxygens (including phenoxy) is 1. The van der Waals surface area contributed by atoms with E-state index in [1.807, 2.05) is 12.1 Å². The highest BCUT2D eigenvalue weighted by Gasteiger charge is 2.19. The van der Waals surface area contributed by atoms with Crippen LogP contribution in [-0.2, 0) is 26.3 Å². The zero-order valence-corrected chi connectivity index (χ0v) is 19.4. The van der Waals surface area contributed by atoms with Gasteiger partial charge in [0, 0.05) is 11.8 Å². The van der Waals surface area contributed by atoms with Gasteiger partial charge in [0.2, 0.25) is 0 Å². The van der Waals surface area contributed by atoms with Crippen LogP contribution in [0.15, 0.2) is 76.5 Å². The molecule has 0 radical (unpaired) electrons. The third-order valence-electron chi connectivity index (χ3n) is 5.05. The molecule has 0 amide bonds. The number of fused-ring (bicyclic) bond motifs is 1. The van der Waals surface area contributed by atoms with Crippen molar-refractivity contribution in [1.29, 1.82) is 0 Å². The average Bonchev–Trinajstić information content (AvgIpc) is 3.19. The Hall–Kier alpha value is -3.21. The Balaban J connectivity index is 1.58. The standard InChI is InChI=1S/C23H22N2O6S2/c1-32(27,28)18-9-7-17(8-10-18)31-15-23-24-20-11-6-16(14-21(20)25-23)19-4-2-3-5-22(19)33(29,30)13-12-26/h2-11,14,26H,12-13,15H2,1H3,(H,24,25). The summed E-state index contributed by atoms with van der Waals surface area (Å²) in [5, 5.41) is 9.12. The number of H-pyrrole nitrogens is 1. The molecule has 0 fully saturated rings. The molecule has 3 aromatic carbocycles. The van der Waals surface area contributed by atoms with Crippen LogP contribution in [0.4, 0.5) is 0 Å². The number of benzene rings is 3. The van der Waals surface area contributed by atoms with Gasteiger partial charge in [-0.25, -0.2) is 21.8 Å². The minimum absolute atomic E-state index is 0.143. The number of nitrogens with zero attached hydrogens (tertiary/aromatic N) is 1. The van der Waals surface area contributed by atoms with Gasteiger partial charge in [0.25, 0.3) is 0 Å². The van der Waals surface area contributed by atoms with E-state index in [9.17, 15) is 16.8 Å². The van der Waals surface area contributed by atoms with Crippen LogP contribution in [0, 0.1) is 0 Å². The first-order valence-corrected chi connectivity index (χ1v) is 13.6.